The Balaban J connectivity index is 0.000000178. The van der Waals surface area contributed by atoms with Crippen LogP contribution >= 0.6 is 23.2 Å². The van der Waals surface area contributed by atoms with Crippen molar-refractivity contribution in [1.29, 1.82) is 0 Å². The quantitative estimate of drug-likeness (QED) is 0.145. The molecule has 0 spiro atoms. The lowest BCUT2D eigenvalue weighted by atomic mass is 9.95. The Morgan fingerprint density at radius 1 is 0.714 bits per heavy atom. The van der Waals surface area contributed by atoms with Crippen LogP contribution in [0.4, 0.5) is 23.0 Å². The zero-order valence-electron chi connectivity index (χ0n) is 31.4. The third-order valence-electron chi connectivity index (χ3n) is 9.89. The third kappa shape index (κ3) is 10.9. The van der Waals surface area contributed by atoms with Gasteiger partial charge in [0.2, 0.25) is 11.8 Å². The van der Waals surface area contributed by atoms with Crippen LogP contribution in [0, 0.1) is 20.8 Å². The molecule has 4 bridgehead atoms. The first-order valence-corrected chi connectivity index (χ1v) is 19.2. The topological polar surface area (TPSA) is 191 Å². The van der Waals surface area contributed by atoms with Gasteiger partial charge in [-0.3, -0.25) is 0 Å². The molecule has 17 heteroatoms. The number of aryl methyl sites for hydroxylation is 1. The van der Waals surface area contributed by atoms with Gasteiger partial charge in [-0.1, -0.05) is 35.3 Å². The van der Waals surface area contributed by atoms with Gasteiger partial charge in [-0.25, -0.2) is 19.9 Å². The summed E-state index contributed by atoms with van der Waals surface area (Å²) in [5, 5.41) is 24.1. The fourth-order valence-electron chi connectivity index (χ4n) is 7.17. The average Bonchev–Trinajstić information content (AvgIpc) is 3.17. The van der Waals surface area contributed by atoms with Crippen molar-refractivity contribution in [3.05, 3.63) is 81.4 Å². The second-order valence-electron chi connectivity index (χ2n) is 14.2. The molecule has 5 N–H and O–H groups in total. The lowest BCUT2D eigenvalue weighted by Crippen LogP contribution is -2.56. The molecule has 0 saturated carbocycles. The Hall–Kier alpha value is -4.44. The van der Waals surface area contributed by atoms with Gasteiger partial charge >= 0.3 is 6.15 Å². The molecule has 4 aliphatic heterocycles. The molecule has 0 radical (unpaired) electrons. The van der Waals surface area contributed by atoms with E-state index >= 15 is 0 Å². The Morgan fingerprint density at radius 2 is 1.14 bits per heavy atom. The lowest BCUT2D eigenvalue weighted by molar-refractivity contribution is -0.191. The van der Waals surface area contributed by atoms with Crippen molar-refractivity contribution in [3.63, 3.8) is 0 Å². The van der Waals surface area contributed by atoms with Gasteiger partial charge in [0, 0.05) is 49.9 Å². The first kappa shape index (κ1) is 41.2. The van der Waals surface area contributed by atoms with Crippen LogP contribution in [0.25, 0.3) is 0 Å². The maximum atomic E-state index is 9.21. The van der Waals surface area contributed by atoms with E-state index in [-0.39, 0.29) is 25.0 Å². The van der Waals surface area contributed by atoms with Gasteiger partial charge < -0.3 is 45.3 Å². The molecule has 4 aliphatic rings. The smallest absolute Gasteiger partial charge is 0.373 e. The lowest BCUT2D eigenvalue weighted by Gasteiger charge is -2.39. The molecule has 56 heavy (non-hydrogen) atoms. The fraction of sp³-hybridized carbons (Fsp3) is 0.462. The molecule has 15 nitrogen and oxygen atoms in total. The Morgan fingerprint density at radius 3 is 1.55 bits per heavy atom. The van der Waals surface area contributed by atoms with Crippen LogP contribution in [0.15, 0.2) is 49.1 Å². The number of hydrogen-bond acceptors (Lipinski definition) is 15. The fourth-order valence-corrected chi connectivity index (χ4v) is 7.70. The van der Waals surface area contributed by atoms with Crippen molar-refractivity contribution < 1.29 is 33.6 Å². The number of nitrogens with one attached hydrogen (secondary N) is 4. The molecule has 4 saturated heterocycles. The number of ether oxygens (including phenoxy) is 4. The van der Waals surface area contributed by atoms with Gasteiger partial charge in [-0.05, 0) is 56.2 Å². The summed E-state index contributed by atoms with van der Waals surface area (Å²) in [6.07, 6.45) is 7.16. The average molecular weight is 810 g/mol. The number of rotatable bonds is 9. The van der Waals surface area contributed by atoms with Crippen LogP contribution < -0.4 is 30.7 Å². The van der Waals surface area contributed by atoms with E-state index in [9.17, 15) is 5.11 Å². The van der Waals surface area contributed by atoms with Gasteiger partial charge in [0.15, 0.2) is 0 Å². The summed E-state index contributed by atoms with van der Waals surface area (Å²) < 4.78 is 23.6. The highest BCUT2D eigenvalue weighted by molar-refractivity contribution is 6.33. The Bertz CT molecular complexity index is 1960. The van der Waals surface area contributed by atoms with Crippen molar-refractivity contribution in [2.45, 2.75) is 89.4 Å². The maximum Gasteiger partial charge on any atom is 0.373 e. The molecule has 4 atom stereocenters. The molecule has 0 amide bonds. The highest BCUT2D eigenvalue weighted by Gasteiger charge is 2.34. The van der Waals surface area contributed by atoms with E-state index in [1.165, 1.54) is 12.7 Å². The van der Waals surface area contributed by atoms with Crippen LogP contribution in [0.1, 0.15) is 47.9 Å². The molecular formula is C39H46Cl2N8O7. The summed E-state index contributed by atoms with van der Waals surface area (Å²) in [6, 6.07) is 12.7. The number of piperidine rings is 2. The number of anilines is 4. The highest BCUT2D eigenvalue weighted by atomic mass is 35.5. The van der Waals surface area contributed by atoms with Crippen molar-refractivity contribution in [2.24, 2.45) is 0 Å². The standard InChI is InChI=1S/C19H23ClN4O3.C19H23ClN4O2.CO2/c1-11-18(24-17-3-2-12(7-25)4-16(17)20)21-10-22-19(11)27-15-5-13-8-26-9-14(6-15)23-13;1-11-3-4-17(16(20)5-11)24-18-12(2)19(22-10-21-18)26-15-6-13-8-25-9-14(7-15)23-13;2-1-3/h2-4,10,13-15,23,25H,5-9H2,1H3,(H,21,22,24);3-5,10,13-15,23H,6-9H2,1-2H3,(H,21,22,24);. The monoisotopic (exact) mass is 808 g/mol. The molecule has 298 valence electrons. The SMILES string of the molecule is Cc1c(Nc2ccc(CO)cc2Cl)ncnc1OC1CC2COCC(C1)N2.Cc1ccc(Nc2ncnc(OC3CC4COCC(C3)N4)c2C)c(Cl)c1.O=C=O. The Labute approximate surface area is 335 Å². The minimum Gasteiger partial charge on any atom is -0.474 e. The predicted molar refractivity (Wildman–Crippen MR) is 209 cm³/mol. The van der Waals surface area contributed by atoms with Crippen molar-refractivity contribution in [1.82, 2.24) is 30.6 Å². The zero-order chi connectivity index (χ0) is 39.6. The molecule has 0 aliphatic carbocycles. The van der Waals surface area contributed by atoms with E-state index in [0.717, 1.165) is 85.7 Å². The second kappa shape index (κ2) is 19.6. The first-order valence-electron chi connectivity index (χ1n) is 18.4. The molecule has 4 fully saturated rings. The van der Waals surface area contributed by atoms with Crippen LogP contribution in [0.5, 0.6) is 11.8 Å². The first-order chi connectivity index (χ1) is 27.1. The second-order valence-corrected chi connectivity index (χ2v) is 15.0. The summed E-state index contributed by atoms with van der Waals surface area (Å²) in [6.45, 7) is 8.81. The van der Waals surface area contributed by atoms with E-state index in [1.54, 1.807) is 6.07 Å². The Kier molecular flexibility index (Phi) is 14.4. The number of halogens is 2. The number of benzene rings is 2. The normalized spacial score (nSPS) is 23.5. The molecule has 2 aromatic carbocycles. The molecule has 4 aromatic rings. The predicted octanol–water partition coefficient (Wildman–Crippen LogP) is 5.38. The number of aliphatic hydroxyl groups excluding tert-OH is 1. The van der Waals surface area contributed by atoms with Gasteiger partial charge in [-0.15, -0.1) is 0 Å². The number of aromatic nitrogens is 4. The van der Waals surface area contributed by atoms with Crippen LogP contribution in [-0.2, 0) is 25.7 Å². The number of fused-ring (bicyclic) bond motifs is 4. The van der Waals surface area contributed by atoms with Gasteiger partial charge in [0.05, 0.1) is 65.6 Å². The molecule has 2 aromatic heterocycles. The number of carbonyl (C=O) groups excluding carboxylic acids is 2. The largest absolute Gasteiger partial charge is 0.474 e. The van der Waals surface area contributed by atoms with Gasteiger partial charge in [0.1, 0.15) is 36.5 Å². The van der Waals surface area contributed by atoms with Gasteiger partial charge in [-0.2, -0.15) is 9.59 Å². The third-order valence-corrected chi connectivity index (χ3v) is 10.5. The summed E-state index contributed by atoms with van der Waals surface area (Å²) in [5.41, 5.74) is 5.12. The minimum absolute atomic E-state index is 0.0478. The van der Waals surface area contributed by atoms with Crippen molar-refractivity contribution in [3.8, 4) is 11.8 Å². The molecule has 6 heterocycles. The van der Waals surface area contributed by atoms with E-state index in [0.29, 0.717) is 57.6 Å². The maximum absolute atomic E-state index is 9.21. The van der Waals surface area contributed by atoms with Gasteiger partial charge in [0.25, 0.3) is 0 Å². The molecule has 4 unspecified atom stereocenters. The van der Waals surface area contributed by atoms with E-state index < -0.39 is 0 Å². The number of aliphatic hydroxyl groups is 1. The number of hydrogen-bond donors (Lipinski definition) is 5. The number of morpholine rings is 2. The number of nitrogens with zero attached hydrogens (tertiary/aromatic N) is 4. The molecular weight excluding hydrogens is 763 g/mol. The van der Waals surface area contributed by atoms with Crippen molar-refractivity contribution in [2.75, 3.05) is 37.1 Å². The van der Waals surface area contributed by atoms with Crippen LogP contribution in [-0.4, -0.2) is 94.0 Å². The van der Waals surface area contributed by atoms with E-state index in [1.807, 2.05) is 51.1 Å². The summed E-state index contributed by atoms with van der Waals surface area (Å²) in [5.74, 6) is 2.56. The van der Waals surface area contributed by atoms with Crippen LogP contribution in [0.2, 0.25) is 10.0 Å². The van der Waals surface area contributed by atoms with Crippen molar-refractivity contribution >= 4 is 52.4 Å². The summed E-state index contributed by atoms with van der Waals surface area (Å²) in [7, 11) is 0. The molecule has 8 rings (SSSR count). The summed E-state index contributed by atoms with van der Waals surface area (Å²) >= 11 is 12.6. The van der Waals surface area contributed by atoms with E-state index in [2.05, 4.69) is 41.2 Å². The minimum atomic E-state index is -0.0478. The highest BCUT2D eigenvalue weighted by Crippen LogP contribution is 2.33. The van der Waals surface area contributed by atoms with E-state index in [4.69, 9.17) is 51.7 Å². The summed E-state index contributed by atoms with van der Waals surface area (Å²) in [4.78, 5) is 33.6. The zero-order valence-corrected chi connectivity index (χ0v) is 32.9. The van der Waals surface area contributed by atoms with Crippen LogP contribution in [0.3, 0.4) is 0 Å².